The first-order valence-corrected chi connectivity index (χ1v) is 9.14. The fraction of sp³-hybridized carbons (Fsp3) is 0.579. The quantitative estimate of drug-likeness (QED) is 0.210. The zero-order chi connectivity index (χ0) is 17.9. The Balaban J connectivity index is 0.00000338. The van der Waals surface area contributed by atoms with Gasteiger partial charge in [-0.05, 0) is 49.8 Å². The summed E-state index contributed by atoms with van der Waals surface area (Å²) >= 11 is 0. The van der Waals surface area contributed by atoms with Crippen molar-refractivity contribution in [2.24, 2.45) is 10.9 Å². The molecule has 146 valence electrons. The van der Waals surface area contributed by atoms with Crippen LogP contribution < -0.4 is 16.0 Å². The van der Waals surface area contributed by atoms with Crippen molar-refractivity contribution in [3.05, 3.63) is 35.4 Å². The van der Waals surface area contributed by atoms with Gasteiger partial charge >= 0.3 is 0 Å². The van der Waals surface area contributed by atoms with E-state index < -0.39 is 0 Å². The molecule has 0 heterocycles. The molecule has 0 aliphatic heterocycles. The Kier molecular flexibility index (Phi) is 11.3. The van der Waals surface area contributed by atoms with E-state index in [9.17, 15) is 4.79 Å². The number of carbonyl (C=O) groups is 1. The number of rotatable bonds is 10. The van der Waals surface area contributed by atoms with Gasteiger partial charge < -0.3 is 20.7 Å². The predicted molar refractivity (Wildman–Crippen MR) is 116 cm³/mol. The average molecular weight is 474 g/mol. The van der Waals surface area contributed by atoms with Crippen LogP contribution in [0.15, 0.2) is 29.3 Å². The van der Waals surface area contributed by atoms with E-state index in [1.165, 1.54) is 12.8 Å². The lowest BCUT2D eigenvalue weighted by molar-refractivity contribution is 0.0963. The van der Waals surface area contributed by atoms with Crippen LogP contribution in [0, 0.1) is 5.92 Å². The number of guanidine groups is 1. The summed E-state index contributed by atoms with van der Waals surface area (Å²) in [6.45, 7) is 5.83. The Labute approximate surface area is 173 Å². The SMILES string of the molecule is CCNC(=NCCOCC1CC1)NCCc1cccc(C(=O)NC)c1.I. The van der Waals surface area contributed by atoms with Gasteiger partial charge in [-0.15, -0.1) is 24.0 Å². The number of nitrogens with zero attached hydrogens (tertiary/aromatic N) is 1. The Morgan fingerprint density at radius 3 is 2.81 bits per heavy atom. The van der Waals surface area contributed by atoms with Gasteiger partial charge in [-0.3, -0.25) is 9.79 Å². The van der Waals surface area contributed by atoms with Crippen LogP contribution in [0.4, 0.5) is 0 Å². The maximum absolute atomic E-state index is 11.7. The van der Waals surface area contributed by atoms with Crippen LogP contribution in [-0.2, 0) is 11.2 Å². The molecule has 3 N–H and O–H groups in total. The van der Waals surface area contributed by atoms with E-state index in [0.29, 0.717) is 18.7 Å². The fourth-order valence-corrected chi connectivity index (χ4v) is 2.44. The van der Waals surface area contributed by atoms with Crippen LogP contribution in [0.25, 0.3) is 0 Å². The molecule has 0 saturated heterocycles. The van der Waals surface area contributed by atoms with Crippen molar-refractivity contribution in [1.29, 1.82) is 0 Å². The van der Waals surface area contributed by atoms with E-state index in [-0.39, 0.29) is 29.9 Å². The normalized spacial score (nSPS) is 13.7. The Morgan fingerprint density at radius 2 is 2.12 bits per heavy atom. The number of amides is 1. The highest BCUT2D eigenvalue weighted by Crippen LogP contribution is 2.28. The van der Waals surface area contributed by atoms with E-state index in [0.717, 1.165) is 43.6 Å². The molecule has 0 spiro atoms. The standard InChI is InChI=1S/C19H30N4O2.HI/c1-3-21-19(23-11-12-25-14-16-7-8-16)22-10-9-15-5-4-6-17(13-15)18(24)20-2;/h4-6,13,16H,3,7-12,14H2,1-2H3,(H,20,24)(H2,21,22,23);1H. The highest BCUT2D eigenvalue weighted by Gasteiger charge is 2.20. The topological polar surface area (TPSA) is 74.8 Å². The van der Waals surface area contributed by atoms with Gasteiger partial charge in [0, 0.05) is 32.3 Å². The van der Waals surface area contributed by atoms with Crippen molar-refractivity contribution in [2.45, 2.75) is 26.2 Å². The van der Waals surface area contributed by atoms with Crippen molar-refractivity contribution in [2.75, 3.05) is 39.9 Å². The molecule has 1 fully saturated rings. The number of carbonyl (C=O) groups excluding carboxylic acids is 1. The second-order valence-electron chi connectivity index (χ2n) is 6.24. The van der Waals surface area contributed by atoms with Gasteiger partial charge in [0.15, 0.2) is 5.96 Å². The zero-order valence-electron chi connectivity index (χ0n) is 15.7. The molecule has 1 aliphatic rings. The van der Waals surface area contributed by atoms with Crippen LogP contribution in [0.1, 0.15) is 35.7 Å². The Morgan fingerprint density at radius 1 is 1.31 bits per heavy atom. The summed E-state index contributed by atoms with van der Waals surface area (Å²) in [5.41, 5.74) is 1.81. The highest BCUT2D eigenvalue weighted by molar-refractivity contribution is 14.0. The molecule has 0 aromatic heterocycles. The van der Waals surface area contributed by atoms with Gasteiger partial charge in [0.2, 0.25) is 0 Å². The molecule has 1 aromatic rings. The third-order valence-electron chi connectivity index (χ3n) is 4.02. The minimum absolute atomic E-state index is 0. The van der Waals surface area contributed by atoms with Gasteiger partial charge in [0.1, 0.15) is 0 Å². The molecule has 0 atom stereocenters. The van der Waals surface area contributed by atoms with Crippen LogP contribution in [0.5, 0.6) is 0 Å². The summed E-state index contributed by atoms with van der Waals surface area (Å²) in [5.74, 6) is 1.54. The van der Waals surface area contributed by atoms with Crippen molar-refractivity contribution in [3.8, 4) is 0 Å². The van der Waals surface area contributed by atoms with Crippen LogP contribution >= 0.6 is 24.0 Å². The molecular weight excluding hydrogens is 443 g/mol. The first kappa shape index (κ1) is 22.7. The molecule has 0 bridgehead atoms. The largest absolute Gasteiger partial charge is 0.379 e. The molecule has 1 aromatic carbocycles. The average Bonchev–Trinajstić information content (AvgIpc) is 3.45. The van der Waals surface area contributed by atoms with Crippen molar-refractivity contribution < 1.29 is 9.53 Å². The monoisotopic (exact) mass is 474 g/mol. The Hall–Kier alpha value is -1.35. The lowest BCUT2D eigenvalue weighted by atomic mass is 10.1. The lowest BCUT2D eigenvalue weighted by Crippen LogP contribution is -2.38. The molecule has 2 rings (SSSR count). The van der Waals surface area contributed by atoms with E-state index in [1.54, 1.807) is 7.05 Å². The summed E-state index contributed by atoms with van der Waals surface area (Å²) in [6, 6.07) is 7.69. The smallest absolute Gasteiger partial charge is 0.251 e. The zero-order valence-corrected chi connectivity index (χ0v) is 18.0. The maximum atomic E-state index is 11.7. The molecular formula is C19H31IN4O2. The van der Waals surface area contributed by atoms with Crippen molar-refractivity contribution in [3.63, 3.8) is 0 Å². The van der Waals surface area contributed by atoms with Crippen molar-refractivity contribution in [1.82, 2.24) is 16.0 Å². The summed E-state index contributed by atoms with van der Waals surface area (Å²) in [4.78, 5) is 16.2. The molecule has 6 nitrogen and oxygen atoms in total. The first-order chi connectivity index (χ1) is 12.2. The van der Waals surface area contributed by atoms with Crippen LogP contribution in [0.3, 0.4) is 0 Å². The number of aliphatic imine (C=N–C) groups is 1. The van der Waals surface area contributed by atoms with Gasteiger partial charge in [-0.2, -0.15) is 0 Å². The van der Waals surface area contributed by atoms with E-state index in [4.69, 9.17) is 4.74 Å². The summed E-state index contributed by atoms with van der Waals surface area (Å²) in [6.07, 6.45) is 3.45. The van der Waals surface area contributed by atoms with Gasteiger partial charge in [0.05, 0.1) is 13.2 Å². The minimum Gasteiger partial charge on any atom is -0.379 e. The second kappa shape index (κ2) is 12.9. The number of hydrogen-bond donors (Lipinski definition) is 3. The van der Waals surface area contributed by atoms with Gasteiger partial charge in [-0.1, -0.05) is 12.1 Å². The van der Waals surface area contributed by atoms with Crippen LogP contribution in [0.2, 0.25) is 0 Å². The lowest BCUT2D eigenvalue weighted by Gasteiger charge is -2.12. The number of ether oxygens (including phenoxy) is 1. The summed E-state index contributed by atoms with van der Waals surface area (Å²) in [5, 5.41) is 9.21. The van der Waals surface area contributed by atoms with E-state index in [1.807, 2.05) is 31.2 Å². The second-order valence-corrected chi connectivity index (χ2v) is 6.24. The predicted octanol–water partition coefficient (Wildman–Crippen LogP) is 2.19. The minimum atomic E-state index is -0.0593. The van der Waals surface area contributed by atoms with Crippen LogP contribution in [-0.4, -0.2) is 51.8 Å². The Bertz CT molecular complexity index is 576. The number of nitrogens with one attached hydrogen (secondary N) is 3. The first-order valence-electron chi connectivity index (χ1n) is 9.14. The molecule has 0 unspecified atom stereocenters. The third kappa shape index (κ3) is 8.84. The molecule has 26 heavy (non-hydrogen) atoms. The number of halogens is 1. The van der Waals surface area contributed by atoms with E-state index >= 15 is 0 Å². The molecule has 0 radical (unpaired) electrons. The molecule has 1 amide bonds. The fourth-order valence-electron chi connectivity index (χ4n) is 2.44. The van der Waals surface area contributed by atoms with E-state index in [2.05, 4.69) is 20.9 Å². The summed E-state index contributed by atoms with van der Waals surface area (Å²) < 4.78 is 5.61. The molecule has 1 aliphatic carbocycles. The molecule has 7 heteroatoms. The van der Waals surface area contributed by atoms with Crippen molar-refractivity contribution >= 4 is 35.8 Å². The molecule has 1 saturated carbocycles. The summed E-state index contributed by atoms with van der Waals surface area (Å²) in [7, 11) is 1.64. The maximum Gasteiger partial charge on any atom is 0.251 e. The van der Waals surface area contributed by atoms with Gasteiger partial charge in [-0.25, -0.2) is 0 Å². The number of hydrogen-bond acceptors (Lipinski definition) is 3. The number of benzene rings is 1. The third-order valence-corrected chi connectivity index (χ3v) is 4.02. The van der Waals surface area contributed by atoms with Gasteiger partial charge in [0.25, 0.3) is 5.91 Å². The highest BCUT2D eigenvalue weighted by atomic mass is 127.